The Morgan fingerprint density at radius 1 is 0.967 bits per heavy atom. The first kappa shape index (κ1) is 23.9. The first-order valence-electron chi connectivity index (χ1n) is 8.75. The number of urea groups is 1. The highest BCUT2D eigenvalue weighted by Gasteiger charge is 2.06. The summed E-state index contributed by atoms with van der Waals surface area (Å²) in [6, 6.07) is 18.5. The van der Waals surface area contributed by atoms with Gasteiger partial charge in [0.2, 0.25) is 5.91 Å². The number of benzene rings is 2. The van der Waals surface area contributed by atoms with Crippen molar-refractivity contribution in [1.82, 2.24) is 21.6 Å². The summed E-state index contributed by atoms with van der Waals surface area (Å²) in [5, 5.41) is 14.4. The van der Waals surface area contributed by atoms with Crippen LogP contribution in [0, 0.1) is 0 Å². The molecule has 0 heterocycles. The van der Waals surface area contributed by atoms with Crippen molar-refractivity contribution in [3.8, 4) is 0 Å². The summed E-state index contributed by atoms with van der Waals surface area (Å²) >= 11 is 0. The molecule has 0 aliphatic carbocycles. The van der Waals surface area contributed by atoms with Gasteiger partial charge in [0.25, 0.3) is 0 Å². The zero-order valence-electron chi connectivity index (χ0n) is 16.2. The number of nitrogens with zero attached hydrogens (tertiary/aromatic N) is 1. The Kier molecular flexibility index (Phi) is 11.1. The van der Waals surface area contributed by atoms with Crippen LogP contribution in [0.25, 0.3) is 0 Å². The highest BCUT2D eigenvalue weighted by Crippen LogP contribution is 2.10. The summed E-state index contributed by atoms with van der Waals surface area (Å²) in [5.74, 6) is -1.47. The van der Waals surface area contributed by atoms with Crippen LogP contribution in [-0.2, 0) is 9.59 Å². The molecule has 7 N–H and O–H groups in total. The van der Waals surface area contributed by atoms with E-state index in [1.54, 1.807) is 0 Å². The van der Waals surface area contributed by atoms with E-state index in [4.69, 9.17) is 10.8 Å². The molecule has 0 atom stereocenters. The van der Waals surface area contributed by atoms with E-state index in [2.05, 4.69) is 33.3 Å². The number of primary amides is 1. The predicted molar refractivity (Wildman–Crippen MR) is 113 cm³/mol. The maximum Gasteiger partial charge on any atom is 0.332 e. The van der Waals surface area contributed by atoms with Gasteiger partial charge in [0.15, 0.2) is 0 Å². The highest BCUT2D eigenvalue weighted by atomic mass is 16.4. The second kappa shape index (κ2) is 13.9. The number of hydrogen-bond acceptors (Lipinski definition) is 6. The van der Waals surface area contributed by atoms with Crippen molar-refractivity contribution in [3.05, 3.63) is 84.6 Å². The number of carboxylic acids is 1. The Morgan fingerprint density at radius 2 is 1.50 bits per heavy atom. The fourth-order valence-electron chi connectivity index (χ4n) is 2.04. The minimum absolute atomic E-state index is 0.000694. The largest absolute Gasteiger partial charge is 0.480 e. The number of carbonyl (C=O) groups is 3. The van der Waals surface area contributed by atoms with Gasteiger partial charge in [-0.2, -0.15) is 5.10 Å². The molecule has 3 amide bonds. The number of nitrogens with one attached hydrogen (secondary N) is 4. The molecule has 2 aromatic carbocycles. The van der Waals surface area contributed by atoms with E-state index in [1.807, 2.05) is 60.7 Å². The van der Waals surface area contributed by atoms with E-state index in [-0.39, 0.29) is 13.1 Å². The molecule has 30 heavy (non-hydrogen) atoms. The van der Waals surface area contributed by atoms with E-state index < -0.39 is 17.9 Å². The molecule has 2 rings (SSSR count). The lowest BCUT2D eigenvalue weighted by molar-refractivity contribution is -0.137. The summed E-state index contributed by atoms with van der Waals surface area (Å²) in [7, 11) is 0. The fraction of sp³-hybridized carbons (Fsp3) is 0.100. The van der Waals surface area contributed by atoms with Gasteiger partial charge >= 0.3 is 12.0 Å². The van der Waals surface area contributed by atoms with Crippen LogP contribution in [0.4, 0.5) is 4.79 Å². The predicted octanol–water partition coefficient (Wildman–Crippen LogP) is 0.532. The molecular weight excluding hydrogens is 388 g/mol. The van der Waals surface area contributed by atoms with E-state index in [1.165, 1.54) is 6.20 Å². The van der Waals surface area contributed by atoms with Gasteiger partial charge in [-0.05, 0) is 0 Å². The van der Waals surface area contributed by atoms with Gasteiger partial charge in [0.05, 0.1) is 12.3 Å². The first-order valence-corrected chi connectivity index (χ1v) is 8.75. The normalized spacial score (nSPS) is 9.20. The summed E-state index contributed by atoms with van der Waals surface area (Å²) < 4.78 is 0. The lowest BCUT2D eigenvalue weighted by atomic mass is 10.0. The van der Waals surface area contributed by atoms with Gasteiger partial charge in [0.1, 0.15) is 6.54 Å². The second-order valence-corrected chi connectivity index (χ2v) is 5.54. The third-order valence-electron chi connectivity index (χ3n) is 3.26. The van der Waals surface area contributed by atoms with Gasteiger partial charge < -0.3 is 21.6 Å². The molecular formula is C20H24N6O4. The van der Waals surface area contributed by atoms with E-state index >= 15 is 0 Å². The molecule has 158 valence electrons. The molecule has 0 aliphatic heterocycles. The molecule has 10 heteroatoms. The number of hydrogen-bond donors (Lipinski definition) is 6. The molecule has 0 saturated carbocycles. The average Bonchev–Trinajstić information content (AvgIpc) is 2.74. The number of hydrazone groups is 1. The van der Waals surface area contributed by atoms with Crippen LogP contribution in [0.1, 0.15) is 11.1 Å². The minimum Gasteiger partial charge on any atom is -0.480 e. The Balaban J connectivity index is 0.000000329. The van der Waals surface area contributed by atoms with Crippen molar-refractivity contribution in [2.24, 2.45) is 10.8 Å². The topological polar surface area (TPSA) is 158 Å². The number of rotatable bonds is 9. The third kappa shape index (κ3) is 10.2. The number of carbonyl (C=O) groups excluding carboxylic acids is 2. The van der Waals surface area contributed by atoms with Crippen LogP contribution < -0.4 is 27.3 Å². The van der Waals surface area contributed by atoms with Crippen LogP contribution in [0.2, 0.25) is 0 Å². The molecule has 10 nitrogen and oxygen atoms in total. The van der Waals surface area contributed by atoms with Gasteiger partial charge in [-0.25, -0.2) is 15.6 Å². The maximum absolute atomic E-state index is 10.8. The molecule has 0 bridgehead atoms. The molecule has 0 spiro atoms. The Labute approximate surface area is 173 Å². The monoisotopic (exact) mass is 412 g/mol. The molecule has 0 fully saturated rings. The molecule has 0 saturated heterocycles. The van der Waals surface area contributed by atoms with Crippen molar-refractivity contribution in [3.63, 3.8) is 0 Å². The van der Waals surface area contributed by atoms with Crippen molar-refractivity contribution >= 4 is 23.6 Å². The highest BCUT2D eigenvalue weighted by molar-refractivity contribution is 6.13. The van der Waals surface area contributed by atoms with Crippen molar-refractivity contribution in [2.45, 2.75) is 0 Å². The smallest absolute Gasteiger partial charge is 0.332 e. The Hall–Kier alpha value is -4.18. The van der Waals surface area contributed by atoms with Crippen molar-refractivity contribution in [2.75, 3.05) is 13.1 Å². The third-order valence-corrected chi connectivity index (χ3v) is 3.26. The summed E-state index contributed by atoms with van der Waals surface area (Å²) in [6.45, 7) is 2.97. The summed E-state index contributed by atoms with van der Waals surface area (Å²) in [4.78, 5) is 31.4. The lowest BCUT2D eigenvalue weighted by Crippen LogP contribution is -2.40. The van der Waals surface area contributed by atoms with Gasteiger partial charge in [0, 0.05) is 17.3 Å². The molecule has 0 unspecified atom stereocenters. The van der Waals surface area contributed by atoms with Crippen LogP contribution in [0.15, 0.2) is 78.5 Å². The molecule has 0 radical (unpaired) electrons. The molecule has 2 aromatic rings. The van der Waals surface area contributed by atoms with Crippen LogP contribution in [0.5, 0.6) is 0 Å². The minimum atomic E-state index is -1.07. The van der Waals surface area contributed by atoms with Gasteiger partial charge in [-0.3, -0.25) is 9.59 Å². The zero-order valence-corrected chi connectivity index (χ0v) is 16.2. The van der Waals surface area contributed by atoms with E-state index in [0.29, 0.717) is 5.71 Å². The number of hydrazine groups is 1. The first-order chi connectivity index (χ1) is 14.4. The lowest BCUT2D eigenvalue weighted by Gasteiger charge is -2.06. The van der Waals surface area contributed by atoms with Crippen LogP contribution >= 0.6 is 0 Å². The number of amides is 3. The fourth-order valence-corrected chi connectivity index (χ4v) is 2.04. The van der Waals surface area contributed by atoms with Crippen LogP contribution in [0.3, 0.4) is 0 Å². The van der Waals surface area contributed by atoms with Crippen molar-refractivity contribution < 1.29 is 19.5 Å². The Bertz CT molecular complexity index is 815. The number of carboxylic acid groups (broad SMARTS) is 1. The summed E-state index contributed by atoms with van der Waals surface area (Å²) in [5.41, 5.74) is 14.8. The number of aliphatic carboxylic acids is 1. The SMILES string of the molecule is C=CNNCC(=O)NCC(=O)O.NC(=O)NN=C(c1ccccc1)c1ccccc1. The zero-order chi connectivity index (χ0) is 22.2. The van der Waals surface area contributed by atoms with E-state index in [0.717, 1.165) is 11.1 Å². The molecule has 0 aromatic heterocycles. The standard InChI is InChI=1S/C14H13N3O.C6H11N3O3/c15-14(18)17-16-13(11-7-3-1-4-8-11)12-9-5-2-6-10-12;1-2-8-9-3-5(10)7-4-6(11)12/h1-10H,(H3,15,17,18);2,8-9H,1,3-4H2,(H,7,10)(H,11,12). The number of nitrogens with two attached hydrogens (primary N) is 1. The maximum atomic E-state index is 10.8. The quantitative estimate of drug-likeness (QED) is 0.200. The van der Waals surface area contributed by atoms with E-state index in [9.17, 15) is 14.4 Å². The summed E-state index contributed by atoms with van der Waals surface area (Å²) in [6.07, 6.45) is 1.37. The second-order valence-electron chi connectivity index (χ2n) is 5.54. The average molecular weight is 412 g/mol. The van der Waals surface area contributed by atoms with Gasteiger partial charge in [-0.15, -0.1) is 0 Å². The van der Waals surface area contributed by atoms with Crippen LogP contribution in [-0.4, -0.2) is 41.8 Å². The van der Waals surface area contributed by atoms with Gasteiger partial charge in [-0.1, -0.05) is 67.2 Å². The van der Waals surface area contributed by atoms with Crippen molar-refractivity contribution in [1.29, 1.82) is 0 Å². The Morgan fingerprint density at radius 3 is 1.93 bits per heavy atom. The molecule has 0 aliphatic rings.